The van der Waals surface area contributed by atoms with Crippen LogP contribution in [0.2, 0.25) is 0 Å². The van der Waals surface area contributed by atoms with Crippen molar-refractivity contribution in [2.24, 2.45) is 0 Å². The fraction of sp³-hybridized carbons (Fsp3) is 0.500. The average Bonchev–Trinajstić information content (AvgIpc) is 2.39. The highest BCUT2D eigenvalue weighted by molar-refractivity contribution is 5.93. The van der Waals surface area contributed by atoms with Crippen molar-refractivity contribution in [2.75, 3.05) is 32.7 Å². The summed E-state index contributed by atoms with van der Waals surface area (Å²) >= 11 is 0. The van der Waals surface area contributed by atoms with Crippen molar-refractivity contribution in [1.29, 1.82) is 0 Å². The second-order valence-electron chi connectivity index (χ2n) is 4.15. The molecule has 5 heteroatoms. The number of likely N-dealkylation sites (N-methyl/N-ethyl adjacent to an activating group) is 1. The van der Waals surface area contributed by atoms with E-state index in [2.05, 4.69) is 16.8 Å². The lowest BCUT2D eigenvalue weighted by Gasteiger charge is -2.33. The van der Waals surface area contributed by atoms with Gasteiger partial charge in [0.25, 0.3) is 5.91 Å². The number of amides is 1. The molecule has 1 N–H and O–H groups in total. The number of hydrogen-bond acceptors (Lipinski definition) is 3. The molecule has 0 unspecified atom stereocenters. The van der Waals surface area contributed by atoms with Crippen LogP contribution in [0.3, 0.4) is 0 Å². The molecule has 0 aromatic carbocycles. The summed E-state index contributed by atoms with van der Waals surface area (Å²) in [5, 5.41) is 0. The van der Waals surface area contributed by atoms with Gasteiger partial charge in [-0.2, -0.15) is 0 Å². The average molecular weight is 235 g/mol. The Bertz CT molecular complexity index is 447. The molecule has 0 aliphatic carbocycles. The number of nitrogens with one attached hydrogen (secondary N) is 1. The molecular formula is C12H17N3O2. The number of hydrogen-bond donors (Lipinski definition) is 1. The number of piperazine rings is 1. The van der Waals surface area contributed by atoms with E-state index in [1.807, 2.05) is 0 Å². The van der Waals surface area contributed by atoms with Gasteiger partial charge in [0.15, 0.2) is 5.43 Å². The van der Waals surface area contributed by atoms with Crippen LogP contribution in [-0.2, 0) is 0 Å². The zero-order valence-corrected chi connectivity index (χ0v) is 9.98. The molecule has 5 nitrogen and oxygen atoms in total. The SMILES string of the molecule is CCN1CCN(C(=O)c2c[nH]ccc2=O)CC1. The first-order valence-corrected chi connectivity index (χ1v) is 5.91. The first-order chi connectivity index (χ1) is 8.22. The highest BCUT2D eigenvalue weighted by Gasteiger charge is 2.22. The molecule has 17 heavy (non-hydrogen) atoms. The van der Waals surface area contributed by atoms with Gasteiger partial charge in [-0.15, -0.1) is 0 Å². The van der Waals surface area contributed by atoms with E-state index in [-0.39, 0.29) is 16.9 Å². The summed E-state index contributed by atoms with van der Waals surface area (Å²) < 4.78 is 0. The minimum atomic E-state index is -0.216. The smallest absolute Gasteiger partial charge is 0.259 e. The number of pyridine rings is 1. The number of aromatic amines is 1. The molecule has 92 valence electrons. The first kappa shape index (κ1) is 11.9. The van der Waals surface area contributed by atoms with E-state index in [1.54, 1.807) is 4.90 Å². The van der Waals surface area contributed by atoms with E-state index < -0.39 is 0 Å². The summed E-state index contributed by atoms with van der Waals surface area (Å²) in [6, 6.07) is 1.38. The Hall–Kier alpha value is -1.62. The van der Waals surface area contributed by atoms with E-state index in [0.717, 1.165) is 19.6 Å². The Labute approximate surface area is 100 Å². The second-order valence-corrected chi connectivity index (χ2v) is 4.15. The molecule has 0 atom stereocenters. The van der Waals surface area contributed by atoms with Crippen LogP contribution in [0.5, 0.6) is 0 Å². The third-order valence-electron chi connectivity index (χ3n) is 3.16. The van der Waals surface area contributed by atoms with Crippen molar-refractivity contribution in [3.8, 4) is 0 Å². The standard InChI is InChI=1S/C12H17N3O2/c1-2-14-5-7-15(8-6-14)12(17)10-9-13-4-3-11(10)16/h3-4,9H,2,5-8H2,1H3,(H,13,16). The molecule has 2 heterocycles. The molecule has 1 aromatic heterocycles. The molecule has 1 aliphatic rings. The van der Waals surface area contributed by atoms with Crippen molar-refractivity contribution in [2.45, 2.75) is 6.92 Å². The summed E-state index contributed by atoms with van der Waals surface area (Å²) in [4.78, 5) is 30.5. The Kier molecular flexibility index (Phi) is 3.58. The van der Waals surface area contributed by atoms with Gasteiger partial charge in [-0.1, -0.05) is 6.92 Å². The van der Waals surface area contributed by atoms with Gasteiger partial charge in [0.2, 0.25) is 0 Å². The third kappa shape index (κ3) is 2.55. The predicted molar refractivity (Wildman–Crippen MR) is 65.1 cm³/mol. The Morgan fingerprint density at radius 3 is 2.65 bits per heavy atom. The van der Waals surface area contributed by atoms with Crippen LogP contribution in [0.4, 0.5) is 0 Å². The van der Waals surface area contributed by atoms with Gasteiger partial charge in [0.05, 0.1) is 0 Å². The van der Waals surface area contributed by atoms with Gasteiger partial charge in [0.1, 0.15) is 5.56 Å². The molecule has 0 spiro atoms. The van der Waals surface area contributed by atoms with E-state index in [0.29, 0.717) is 13.1 Å². The van der Waals surface area contributed by atoms with Crippen LogP contribution in [0, 0.1) is 0 Å². The Morgan fingerprint density at radius 2 is 2.06 bits per heavy atom. The fourth-order valence-electron chi connectivity index (χ4n) is 2.02. The topological polar surface area (TPSA) is 56.4 Å². The van der Waals surface area contributed by atoms with Crippen molar-refractivity contribution >= 4 is 5.91 Å². The zero-order valence-electron chi connectivity index (χ0n) is 9.98. The Morgan fingerprint density at radius 1 is 1.35 bits per heavy atom. The number of aromatic nitrogens is 1. The quantitative estimate of drug-likeness (QED) is 0.794. The predicted octanol–water partition coefficient (Wildman–Crippen LogP) is 0.153. The van der Waals surface area contributed by atoms with E-state index in [1.165, 1.54) is 18.5 Å². The minimum absolute atomic E-state index is 0.164. The summed E-state index contributed by atoms with van der Waals surface area (Å²) in [7, 11) is 0. The molecule has 2 rings (SSSR count). The summed E-state index contributed by atoms with van der Waals surface area (Å²) in [5.41, 5.74) is 0.0177. The summed E-state index contributed by atoms with van der Waals surface area (Å²) in [5.74, 6) is -0.164. The highest BCUT2D eigenvalue weighted by atomic mass is 16.2. The van der Waals surface area contributed by atoms with Gasteiger partial charge in [0, 0.05) is 44.6 Å². The maximum absolute atomic E-state index is 12.1. The number of rotatable bonds is 2. The van der Waals surface area contributed by atoms with E-state index in [4.69, 9.17) is 0 Å². The van der Waals surface area contributed by atoms with Gasteiger partial charge >= 0.3 is 0 Å². The summed E-state index contributed by atoms with van der Waals surface area (Å²) in [6.07, 6.45) is 3.02. The van der Waals surface area contributed by atoms with Crippen LogP contribution < -0.4 is 5.43 Å². The normalized spacial score (nSPS) is 17.1. The minimum Gasteiger partial charge on any atom is -0.367 e. The molecule has 0 radical (unpaired) electrons. The molecule has 1 saturated heterocycles. The molecule has 1 fully saturated rings. The molecule has 1 aliphatic heterocycles. The van der Waals surface area contributed by atoms with Crippen molar-refractivity contribution in [3.05, 3.63) is 34.2 Å². The van der Waals surface area contributed by atoms with Crippen molar-refractivity contribution < 1.29 is 4.79 Å². The molecule has 1 aromatic rings. The largest absolute Gasteiger partial charge is 0.367 e. The van der Waals surface area contributed by atoms with Crippen LogP contribution in [0.25, 0.3) is 0 Å². The van der Waals surface area contributed by atoms with Gasteiger partial charge < -0.3 is 14.8 Å². The summed E-state index contributed by atoms with van der Waals surface area (Å²) in [6.45, 7) is 6.27. The van der Waals surface area contributed by atoms with Crippen molar-refractivity contribution in [1.82, 2.24) is 14.8 Å². The number of carbonyl (C=O) groups is 1. The van der Waals surface area contributed by atoms with Gasteiger partial charge in [-0.25, -0.2) is 0 Å². The lowest BCUT2D eigenvalue weighted by molar-refractivity contribution is 0.0641. The maximum atomic E-state index is 12.1. The molecular weight excluding hydrogens is 218 g/mol. The maximum Gasteiger partial charge on any atom is 0.259 e. The Balaban J connectivity index is 2.07. The molecule has 0 bridgehead atoms. The van der Waals surface area contributed by atoms with Crippen LogP contribution in [0.15, 0.2) is 23.3 Å². The first-order valence-electron chi connectivity index (χ1n) is 5.91. The molecule has 1 amide bonds. The van der Waals surface area contributed by atoms with Crippen LogP contribution in [-0.4, -0.2) is 53.4 Å². The fourth-order valence-corrected chi connectivity index (χ4v) is 2.02. The third-order valence-corrected chi connectivity index (χ3v) is 3.16. The number of H-pyrrole nitrogens is 1. The number of nitrogens with zero attached hydrogens (tertiary/aromatic N) is 2. The van der Waals surface area contributed by atoms with Crippen molar-refractivity contribution in [3.63, 3.8) is 0 Å². The van der Waals surface area contributed by atoms with Crippen LogP contribution >= 0.6 is 0 Å². The lowest BCUT2D eigenvalue weighted by atomic mass is 10.2. The monoisotopic (exact) mass is 235 g/mol. The van der Waals surface area contributed by atoms with Crippen LogP contribution in [0.1, 0.15) is 17.3 Å². The van der Waals surface area contributed by atoms with Gasteiger partial charge in [-0.05, 0) is 6.54 Å². The lowest BCUT2D eigenvalue weighted by Crippen LogP contribution is -2.49. The van der Waals surface area contributed by atoms with E-state index in [9.17, 15) is 9.59 Å². The number of carbonyl (C=O) groups excluding carboxylic acids is 1. The molecule has 0 saturated carbocycles. The second kappa shape index (κ2) is 5.14. The van der Waals surface area contributed by atoms with E-state index >= 15 is 0 Å². The zero-order chi connectivity index (χ0) is 12.3. The highest BCUT2D eigenvalue weighted by Crippen LogP contribution is 2.05. The van der Waals surface area contributed by atoms with Gasteiger partial charge in [-0.3, -0.25) is 9.59 Å².